The smallest absolute Gasteiger partial charge is 0.182 e. The van der Waals surface area contributed by atoms with E-state index in [-0.39, 0.29) is 0 Å². The Kier molecular flexibility index (Phi) is 9.19. The normalized spacial score (nSPS) is 11.5. The van der Waals surface area contributed by atoms with Gasteiger partial charge in [0.05, 0.1) is 11.0 Å². The molecule has 0 aliphatic rings. The van der Waals surface area contributed by atoms with Gasteiger partial charge in [-0.2, -0.15) is 0 Å². The summed E-state index contributed by atoms with van der Waals surface area (Å²) < 4.78 is 2.36. The average Bonchev–Trinajstić information content (AvgIpc) is 3.57. The molecule has 0 bridgehead atoms. The van der Waals surface area contributed by atoms with Crippen LogP contribution in [0.2, 0.25) is 0 Å². The quantitative estimate of drug-likeness (QED) is 0.139. The number of fused-ring (bicyclic) bond motifs is 3. The Morgan fingerprint density at radius 3 is 1.93 bits per heavy atom. The molecule has 0 N–H and O–H groups in total. The van der Waals surface area contributed by atoms with E-state index >= 15 is 0 Å². The molecule has 7 aromatic carbocycles. The molecule has 0 unspecified atom stereocenters. The minimum atomic E-state index is 0.649. The molecule has 0 atom stereocenters. The molecule has 0 aliphatic heterocycles. The Balaban J connectivity index is 1.18. The van der Waals surface area contributed by atoms with Gasteiger partial charge in [-0.05, 0) is 110 Å². The standard InChI is InChI=1S/C50H39N4P/c1-33-22-23-35(43(30-33)41-19-11-10-14-34(41)2)24-25-36-26-27-38(31-44(36)49-51-48(52-50(53-49)55-3)37-15-6-4-7-16-37)39-28-29-47-45(32-39)42-20-12-13-21-46(42)54(47)40-17-8-5-9-18-40/h4-23,26-32H,3,24-25H2,1-2H3. The van der Waals surface area contributed by atoms with Crippen molar-refractivity contribution in [3.05, 3.63) is 186 Å². The molecule has 5 heteroatoms. The van der Waals surface area contributed by atoms with Crippen LogP contribution < -0.4 is 5.57 Å². The van der Waals surface area contributed by atoms with Crippen molar-refractivity contribution in [3.63, 3.8) is 0 Å². The van der Waals surface area contributed by atoms with E-state index in [9.17, 15) is 0 Å². The van der Waals surface area contributed by atoms with Crippen LogP contribution in [0.3, 0.4) is 0 Å². The lowest BCUT2D eigenvalue weighted by atomic mass is 9.90. The fraction of sp³-hybridized carbons (Fsp3) is 0.0800. The summed E-state index contributed by atoms with van der Waals surface area (Å²) in [6.45, 7) is 4.36. The SMILES string of the molecule is C=Pc1nc(-c2ccccc2)nc(-c2cc(-c3ccc4c(c3)c3ccccc3n4-c3ccccc3)ccc2CCc2ccc(C)cc2-c2ccccc2C)n1. The zero-order chi connectivity index (χ0) is 37.3. The number of rotatable bonds is 9. The molecular weight excluding hydrogens is 688 g/mol. The summed E-state index contributed by atoms with van der Waals surface area (Å²) in [4.78, 5) is 14.9. The predicted octanol–water partition coefficient (Wildman–Crippen LogP) is 12.0. The summed E-state index contributed by atoms with van der Waals surface area (Å²) >= 11 is 0. The lowest BCUT2D eigenvalue weighted by Gasteiger charge is -2.16. The highest BCUT2D eigenvalue weighted by Gasteiger charge is 2.18. The largest absolute Gasteiger partial charge is 0.309 e. The molecule has 0 spiro atoms. The molecule has 2 aromatic heterocycles. The second kappa shape index (κ2) is 14.7. The maximum absolute atomic E-state index is 5.13. The lowest BCUT2D eigenvalue weighted by molar-refractivity contribution is 0.958. The van der Waals surface area contributed by atoms with Gasteiger partial charge in [0.25, 0.3) is 0 Å². The van der Waals surface area contributed by atoms with Crippen LogP contribution in [0, 0.1) is 13.8 Å². The molecule has 55 heavy (non-hydrogen) atoms. The van der Waals surface area contributed by atoms with Crippen LogP contribution in [0.5, 0.6) is 0 Å². The van der Waals surface area contributed by atoms with E-state index in [1.807, 2.05) is 30.3 Å². The summed E-state index contributed by atoms with van der Waals surface area (Å²) in [5.41, 5.74) is 16.0. The van der Waals surface area contributed by atoms with Gasteiger partial charge in [-0.15, -0.1) is 0 Å². The minimum absolute atomic E-state index is 0.649. The van der Waals surface area contributed by atoms with E-state index in [2.05, 4.69) is 158 Å². The third-order valence-corrected chi connectivity index (χ3v) is 11.0. The zero-order valence-electron chi connectivity index (χ0n) is 30.9. The minimum Gasteiger partial charge on any atom is -0.309 e. The van der Waals surface area contributed by atoms with Crippen molar-refractivity contribution in [1.82, 2.24) is 19.5 Å². The van der Waals surface area contributed by atoms with Gasteiger partial charge in [0, 0.05) is 27.6 Å². The summed E-state index contributed by atoms with van der Waals surface area (Å²) in [6.07, 6.45) is 5.83. The number of para-hydroxylation sites is 2. The first-order chi connectivity index (χ1) is 27.0. The molecule has 0 amide bonds. The molecule has 9 rings (SSSR count). The fourth-order valence-corrected chi connectivity index (χ4v) is 8.10. The molecule has 2 heterocycles. The Morgan fingerprint density at radius 1 is 0.491 bits per heavy atom. The van der Waals surface area contributed by atoms with Crippen molar-refractivity contribution >= 4 is 41.9 Å². The predicted molar refractivity (Wildman–Crippen MR) is 233 cm³/mol. The van der Waals surface area contributed by atoms with Gasteiger partial charge in [0.1, 0.15) is 0 Å². The molecular formula is C50H39N4P. The van der Waals surface area contributed by atoms with Crippen LogP contribution in [0.1, 0.15) is 22.3 Å². The monoisotopic (exact) mass is 726 g/mol. The first-order valence-corrected chi connectivity index (χ1v) is 19.8. The number of nitrogens with zero attached hydrogens (tertiary/aromatic N) is 4. The van der Waals surface area contributed by atoms with Crippen molar-refractivity contribution < 1.29 is 0 Å². The molecule has 0 aliphatic carbocycles. The topological polar surface area (TPSA) is 43.6 Å². The van der Waals surface area contributed by atoms with Gasteiger partial charge in [0.2, 0.25) is 0 Å². The second-order valence-electron chi connectivity index (χ2n) is 14.1. The highest BCUT2D eigenvalue weighted by molar-refractivity contribution is 7.44. The van der Waals surface area contributed by atoms with E-state index in [1.165, 1.54) is 55.2 Å². The molecule has 0 fully saturated rings. The molecule has 0 saturated carbocycles. The number of aryl methyl sites for hydroxylation is 4. The lowest BCUT2D eigenvalue weighted by Crippen LogP contribution is -2.11. The maximum atomic E-state index is 5.13. The van der Waals surface area contributed by atoms with E-state index in [0.29, 0.717) is 17.2 Å². The molecule has 0 radical (unpaired) electrons. The fourth-order valence-electron chi connectivity index (χ4n) is 7.77. The van der Waals surface area contributed by atoms with Crippen molar-refractivity contribution in [2.75, 3.05) is 0 Å². The van der Waals surface area contributed by atoms with Crippen LogP contribution >= 0.6 is 8.20 Å². The first-order valence-electron chi connectivity index (χ1n) is 18.7. The van der Waals surface area contributed by atoms with Gasteiger partial charge < -0.3 is 4.57 Å². The van der Waals surface area contributed by atoms with Gasteiger partial charge in [0.15, 0.2) is 17.2 Å². The Bertz CT molecular complexity index is 2860. The van der Waals surface area contributed by atoms with Gasteiger partial charge >= 0.3 is 0 Å². The Morgan fingerprint density at radius 2 is 1.13 bits per heavy atom. The van der Waals surface area contributed by atoms with Gasteiger partial charge in [-0.1, -0.05) is 139 Å². The Labute approximate surface area is 323 Å². The van der Waals surface area contributed by atoms with Crippen LogP contribution in [-0.4, -0.2) is 25.8 Å². The molecule has 9 aromatic rings. The van der Waals surface area contributed by atoms with Crippen LogP contribution in [0.4, 0.5) is 0 Å². The number of aromatic nitrogens is 4. The summed E-state index contributed by atoms with van der Waals surface area (Å²) in [6, 6.07) is 58.6. The van der Waals surface area contributed by atoms with Crippen molar-refractivity contribution in [1.29, 1.82) is 0 Å². The highest BCUT2D eigenvalue weighted by atomic mass is 31.1. The number of benzene rings is 7. The van der Waals surface area contributed by atoms with Crippen molar-refractivity contribution in [2.24, 2.45) is 0 Å². The van der Waals surface area contributed by atoms with Gasteiger partial charge in [-0.3, -0.25) is 0 Å². The zero-order valence-corrected chi connectivity index (χ0v) is 31.8. The van der Waals surface area contributed by atoms with E-state index < -0.39 is 0 Å². The van der Waals surface area contributed by atoms with Crippen LogP contribution in [0.15, 0.2) is 164 Å². The molecule has 4 nitrogen and oxygen atoms in total. The van der Waals surface area contributed by atoms with Crippen LogP contribution in [0.25, 0.3) is 72.5 Å². The highest BCUT2D eigenvalue weighted by Crippen LogP contribution is 2.37. The van der Waals surface area contributed by atoms with Gasteiger partial charge in [-0.25, -0.2) is 15.0 Å². The summed E-state index contributed by atoms with van der Waals surface area (Å²) in [7, 11) is 0.743. The van der Waals surface area contributed by atoms with Crippen molar-refractivity contribution in [3.8, 4) is 50.7 Å². The molecule has 264 valence electrons. The average molecular weight is 727 g/mol. The van der Waals surface area contributed by atoms with Crippen molar-refractivity contribution in [2.45, 2.75) is 26.7 Å². The maximum Gasteiger partial charge on any atom is 0.182 e. The number of hydrogen-bond donors (Lipinski definition) is 0. The van der Waals surface area contributed by atoms with E-state index in [0.717, 1.165) is 49.0 Å². The van der Waals surface area contributed by atoms with E-state index in [4.69, 9.17) is 15.0 Å². The third-order valence-electron chi connectivity index (χ3n) is 10.5. The number of hydrogen-bond acceptors (Lipinski definition) is 3. The second-order valence-corrected chi connectivity index (χ2v) is 14.8. The third kappa shape index (κ3) is 6.67. The van der Waals surface area contributed by atoms with Crippen LogP contribution in [-0.2, 0) is 12.8 Å². The summed E-state index contributed by atoms with van der Waals surface area (Å²) in [5, 5.41) is 2.45. The Hall–Kier alpha value is -6.48. The first kappa shape index (κ1) is 34.3. The van der Waals surface area contributed by atoms with E-state index in [1.54, 1.807) is 0 Å². The summed E-state index contributed by atoms with van der Waals surface area (Å²) in [5.74, 6) is 1.32. The molecule has 0 saturated heterocycles.